The SMILES string of the molecule is CC(N)Cc1ccc(Br)cc1N1CCN(C)C(C)C1. The van der Waals surface area contributed by atoms with Crippen LogP contribution in [0.15, 0.2) is 22.7 Å². The molecule has 19 heavy (non-hydrogen) atoms. The number of nitrogens with two attached hydrogens (primary N) is 1. The van der Waals surface area contributed by atoms with Gasteiger partial charge in [0.25, 0.3) is 0 Å². The zero-order valence-electron chi connectivity index (χ0n) is 12.1. The predicted octanol–water partition coefficient (Wildman–Crippen LogP) is 2.48. The molecule has 1 fully saturated rings. The Kier molecular flexibility index (Phi) is 4.87. The van der Waals surface area contributed by atoms with Crippen molar-refractivity contribution in [1.29, 1.82) is 0 Å². The summed E-state index contributed by atoms with van der Waals surface area (Å²) in [5.74, 6) is 0. The molecule has 2 N–H and O–H groups in total. The van der Waals surface area contributed by atoms with Crippen molar-refractivity contribution in [3.8, 4) is 0 Å². The van der Waals surface area contributed by atoms with Crippen LogP contribution in [0.4, 0.5) is 5.69 Å². The number of anilines is 1. The highest BCUT2D eigenvalue weighted by Gasteiger charge is 2.22. The molecule has 0 spiro atoms. The minimum absolute atomic E-state index is 0.199. The first-order valence-corrected chi connectivity index (χ1v) is 7.76. The average Bonchev–Trinajstić information content (AvgIpc) is 2.34. The second-order valence-electron chi connectivity index (χ2n) is 5.73. The van der Waals surface area contributed by atoms with Gasteiger partial charge < -0.3 is 15.5 Å². The van der Waals surface area contributed by atoms with E-state index in [1.54, 1.807) is 0 Å². The van der Waals surface area contributed by atoms with E-state index in [0.29, 0.717) is 6.04 Å². The number of likely N-dealkylation sites (N-methyl/N-ethyl adjacent to an activating group) is 1. The maximum atomic E-state index is 5.97. The normalized spacial score (nSPS) is 22.6. The molecule has 106 valence electrons. The van der Waals surface area contributed by atoms with Crippen molar-refractivity contribution < 1.29 is 0 Å². The second kappa shape index (κ2) is 6.25. The van der Waals surface area contributed by atoms with Crippen molar-refractivity contribution in [3.63, 3.8) is 0 Å². The van der Waals surface area contributed by atoms with Gasteiger partial charge in [0, 0.05) is 41.9 Å². The molecule has 0 amide bonds. The first-order chi connectivity index (χ1) is 8.97. The summed E-state index contributed by atoms with van der Waals surface area (Å²) in [5.41, 5.74) is 8.67. The molecule has 0 aliphatic carbocycles. The summed E-state index contributed by atoms with van der Waals surface area (Å²) in [6.07, 6.45) is 0.934. The largest absolute Gasteiger partial charge is 0.368 e. The molecule has 1 aromatic carbocycles. The Morgan fingerprint density at radius 2 is 2.16 bits per heavy atom. The lowest BCUT2D eigenvalue weighted by atomic mass is 10.0. The summed E-state index contributed by atoms with van der Waals surface area (Å²) in [4.78, 5) is 4.91. The smallest absolute Gasteiger partial charge is 0.0411 e. The summed E-state index contributed by atoms with van der Waals surface area (Å²) in [6, 6.07) is 7.34. The Labute approximate surface area is 124 Å². The molecule has 2 atom stereocenters. The van der Waals surface area contributed by atoms with Gasteiger partial charge in [-0.25, -0.2) is 0 Å². The molecule has 0 radical (unpaired) electrons. The summed E-state index contributed by atoms with van der Waals surface area (Å²) in [6.45, 7) is 7.64. The molecule has 0 aromatic heterocycles. The van der Waals surface area contributed by atoms with Gasteiger partial charge in [-0.3, -0.25) is 0 Å². The number of hydrogen-bond donors (Lipinski definition) is 1. The van der Waals surface area contributed by atoms with E-state index >= 15 is 0 Å². The van der Waals surface area contributed by atoms with Gasteiger partial charge >= 0.3 is 0 Å². The first-order valence-electron chi connectivity index (χ1n) is 6.96. The predicted molar refractivity (Wildman–Crippen MR) is 85.8 cm³/mol. The second-order valence-corrected chi connectivity index (χ2v) is 6.65. The van der Waals surface area contributed by atoms with E-state index in [9.17, 15) is 0 Å². The van der Waals surface area contributed by atoms with Gasteiger partial charge in [-0.05, 0) is 45.0 Å². The highest BCUT2D eigenvalue weighted by atomic mass is 79.9. The van der Waals surface area contributed by atoms with Crippen LogP contribution in [0, 0.1) is 0 Å². The van der Waals surface area contributed by atoms with Crippen molar-refractivity contribution in [2.75, 3.05) is 31.6 Å². The summed E-state index contributed by atoms with van der Waals surface area (Å²) in [7, 11) is 2.20. The van der Waals surface area contributed by atoms with Crippen molar-refractivity contribution in [1.82, 2.24) is 4.90 Å². The molecule has 1 aliphatic heterocycles. The Bertz CT molecular complexity index is 433. The average molecular weight is 326 g/mol. The quantitative estimate of drug-likeness (QED) is 0.926. The number of benzene rings is 1. The maximum absolute atomic E-state index is 5.97. The van der Waals surface area contributed by atoms with Crippen LogP contribution in [-0.2, 0) is 6.42 Å². The van der Waals surface area contributed by atoms with Crippen LogP contribution >= 0.6 is 15.9 Å². The molecule has 1 heterocycles. The van der Waals surface area contributed by atoms with Gasteiger partial charge in [0.05, 0.1) is 0 Å². The van der Waals surface area contributed by atoms with Gasteiger partial charge in [0.15, 0.2) is 0 Å². The van der Waals surface area contributed by atoms with Gasteiger partial charge in [0.2, 0.25) is 0 Å². The zero-order valence-corrected chi connectivity index (χ0v) is 13.7. The van der Waals surface area contributed by atoms with E-state index in [-0.39, 0.29) is 6.04 Å². The molecule has 3 nitrogen and oxygen atoms in total. The van der Waals surface area contributed by atoms with Gasteiger partial charge in [0.1, 0.15) is 0 Å². The molecule has 1 saturated heterocycles. The molecule has 0 saturated carbocycles. The molecule has 2 rings (SSSR count). The lowest BCUT2D eigenvalue weighted by molar-refractivity contribution is 0.234. The highest BCUT2D eigenvalue weighted by Crippen LogP contribution is 2.28. The minimum Gasteiger partial charge on any atom is -0.368 e. The van der Waals surface area contributed by atoms with Crippen LogP contribution in [-0.4, -0.2) is 43.7 Å². The fourth-order valence-corrected chi connectivity index (χ4v) is 2.97. The van der Waals surface area contributed by atoms with Crippen molar-refractivity contribution in [2.24, 2.45) is 5.73 Å². The molecule has 4 heteroatoms. The van der Waals surface area contributed by atoms with E-state index in [4.69, 9.17) is 5.73 Å². The number of nitrogens with zero attached hydrogens (tertiary/aromatic N) is 2. The van der Waals surface area contributed by atoms with Crippen LogP contribution in [0.1, 0.15) is 19.4 Å². The molecular formula is C15H24BrN3. The van der Waals surface area contributed by atoms with E-state index in [2.05, 4.69) is 64.8 Å². The van der Waals surface area contributed by atoms with E-state index in [1.165, 1.54) is 11.3 Å². The molecule has 1 aliphatic rings. The topological polar surface area (TPSA) is 32.5 Å². The Balaban J connectivity index is 2.24. The van der Waals surface area contributed by atoms with E-state index < -0.39 is 0 Å². The number of rotatable bonds is 3. The molecule has 2 unspecified atom stereocenters. The van der Waals surface area contributed by atoms with Crippen LogP contribution in [0.5, 0.6) is 0 Å². The first kappa shape index (κ1) is 14.8. The van der Waals surface area contributed by atoms with E-state index in [0.717, 1.165) is 30.5 Å². The third kappa shape index (κ3) is 3.71. The fraction of sp³-hybridized carbons (Fsp3) is 0.600. The van der Waals surface area contributed by atoms with Crippen molar-refractivity contribution >= 4 is 21.6 Å². The van der Waals surface area contributed by atoms with Crippen LogP contribution < -0.4 is 10.6 Å². The molecule has 1 aromatic rings. The highest BCUT2D eigenvalue weighted by molar-refractivity contribution is 9.10. The van der Waals surface area contributed by atoms with Crippen LogP contribution in [0.3, 0.4) is 0 Å². The van der Waals surface area contributed by atoms with Gasteiger partial charge in [-0.1, -0.05) is 22.0 Å². The van der Waals surface area contributed by atoms with Crippen molar-refractivity contribution in [3.05, 3.63) is 28.2 Å². The van der Waals surface area contributed by atoms with Crippen LogP contribution in [0.25, 0.3) is 0 Å². The summed E-state index contributed by atoms with van der Waals surface area (Å²) < 4.78 is 1.14. The maximum Gasteiger partial charge on any atom is 0.0411 e. The number of piperazine rings is 1. The third-order valence-electron chi connectivity index (χ3n) is 3.89. The van der Waals surface area contributed by atoms with Gasteiger partial charge in [-0.15, -0.1) is 0 Å². The minimum atomic E-state index is 0.199. The van der Waals surface area contributed by atoms with Crippen LogP contribution in [0.2, 0.25) is 0 Å². The lowest BCUT2D eigenvalue weighted by Gasteiger charge is -2.40. The van der Waals surface area contributed by atoms with E-state index in [1.807, 2.05) is 0 Å². The number of halogens is 1. The zero-order chi connectivity index (χ0) is 14.0. The standard InChI is InChI=1S/C15H24BrN3/c1-11(17)8-13-4-5-14(16)9-15(13)19-7-6-18(3)12(2)10-19/h4-5,9,11-12H,6-8,10,17H2,1-3H3. The summed E-state index contributed by atoms with van der Waals surface area (Å²) >= 11 is 3.59. The molecular weight excluding hydrogens is 302 g/mol. The fourth-order valence-electron chi connectivity index (χ4n) is 2.62. The summed E-state index contributed by atoms with van der Waals surface area (Å²) in [5, 5.41) is 0. The Morgan fingerprint density at radius 3 is 2.79 bits per heavy atom. The van der Waals surface area contributed by atoms with Crippen molar-refractivity contribution in [2.45, 2.75) is 32.4 Å². The third-order valence-corrected chi connectivity index (χ3v) is 4.38. The Hall–Kier alpha value is -0.580. The monoisotopic (exact) mass is 325 g/mol. The van der Waals surface area contributed by atoms with Gasteiger partial charge in [-0.2, -0.15) is 0 Å². The Morgan fingerprint density at radius 1 is 1.42 bits per heavy atom. The lowest BCUT2D eigenvalue weighted by Crippen LogP contribution is -2.50. The number of hydrogen-bond acceptors (Lipinski definition) is 3. The molecule has 0 bridgehead atoms.